The van der Waals surface area contributed by atoms with Gasteiger partial charge in [-0.05, 0) is 0 Å². The van der Waals surface area contributed by atoms with Gasteiger partial charge in [-0.3, -0.25) is 4.79 Å². The van der Waals surface area contributed by atoms with E-state index in [1.54, 1.807) is 0 Å². The van der Waals surface area contributed by atoms with Gasteiger partial charge < -0.3 is 9.96 Å². The lowest BCUT2D eigenvalue weighted by Gasteiger charge is -2.10. The molecule has 0 aromatic carbocycles. The van der Waals surface area contributed by atoms with Gasteiger partial charge in [0.1, 0.15) is 17.9 Å². The van der Waals surface area contributed by atoms with E-state index in [-0.39, 0.29) is 6.03 Å². The van der Waals surface area contributed by atoms with Gasteiger partial charge in [-0.1, -0.05) is 26.2 Å². The number of hydrogen-bond acceptors (Lipinski definition) is 1. The van der Waals surface area contributed by atoms with Crippen molar-refractivity contribution in [2.45, 2.75) is 26.2 Å². The first kappa shape index (κ1) is 9.70. The Morgan fingerprint density at radius 2 is 1.30 bits per heavy atom. The van der Waals surface area contributed by atoms with E-state index in [0.717, 1.165) is 0 Å². The molecule has 0 saturated heterocycles. The first-order valence-electron chi connectivity index (χ1n) is 3.59. The molecule has 0 aliphatic heterocycles. The quantitative estimate of drug-likeness (QED) is 0.582. The highest BCUT2D eigenvalue weighted by Gasteiger charge is 2.03. The highest BCUT2D eigenvalue weighted by Crippen LogP contribution is 1.75. The molecular weight excluding hydrogens is 160 g/mol. The number of amides is 2. The van der Waals surface area contributed by atoms with Gasteiger partial charge in [-0.15, -0.1) is 0 Å². The monoisotopic (exact) mass is 176 g/mol. The predicted octanol–water partition coefficient (Wildman–Crippen LogP) is 0.252. The van der Waals surface area contributed by atoms with Crippen molar-refractivity contribution in [3.63, 3.8) is 0 Å². The fourth-order valence-corrected chi connectivity index (χ4v) is 1.95. The van der Waals surface area contributed by atoms with Crippen LogP contribution < -0.4 is 9.96 Å². The fourth-order valence-electron chi connectivity index (χ4n) is 0.566. The summed E-state index contributed by atoms with van der Waals surface area (Å²) < 4.78 is 0. The maximum Gasteiger partial charge on any atom is 0.298 e. The zero-order chi connectivity index (χ0) is 8.15. The molecule has 0 rings (SSSR count). The Labute approximate surface area is 65.6 Å². The molecule has 0 bridgehead atoms. The van der Waals surface area contributed by atoms with Crippen LogP contribution in [-0.4, -0.2) is 23.9 Å². The van der Waals surface area contributed by atoms with E-state index in [9.17, 15) is 4.79 Å². The molecule has 0 fully saturated rings. The topological polar surface area (TPSA) is 41.1 Å². The van der Waals surface area contributed by atoms with Crippen molar-refractivity contribution in [3.8, 4) is 0 Å². The number of carbonyl (C=O) groups excluding carboxylic acids is 1. The second-order valence-corrected chi connectivity index (χ2v) is 8.12. The van der Waals surface area contributed by atoms with E-state index in [4.69, 9.17) is 0 Å². The number of nitrogens with one attached hydrogen (secondary N) is 2. The molecule has 0 atom stereocenters. The molecule has 3 nitrogen and oxygen atoms in total. The third-order valence-electron chi connectivity index (χ3n) is 0.840. The Morgan fingerprint density at radius 1 is 1.00 bits per heavy atom. The van der Waals surface area contributed by atoms with E-state index in [1.165, 1.54) is 0 Å². The van der Waals surface area contributed by atoms with Gasteiger partial charge >= 0.3 is 0 Å². The van der Waals surface area contributed by atoms with Crippen molar-refractivity contribution >= 4 is 23.9 Å². The van der Waals surface area contributed by atoms with E-state index in [1.807, 2.05) is 0 Å². The molecule has 0 heterocycles. The van der Waals surface area contributed by atoms with Crippen LogP contribution >= 0.6 is 0 Å². The SMILES string of the molecule is C[SiH](C)NC(=O)N[SiH](C)C. The fraction of sp³-hybridized carbons (Fsp3) is 0.800. The average molecular weight is 176 g/mol. The van der Waals surface area contributed by atoms with Crippen molar-refractivity contribution in [3.05, 3.63) is 0 Å². The van der Waals surface area contributed by atoms with E-state index in [0.29, 0.717) is 0 Å². The number of urea groups is 1. The summed E-state index contributed by atoms with van der Waals surface area (Å²) in [5.41, 5.74) is 0. The van der Waals surface area contributed by atoms with Gasteiger partial charge in [0.15, 0.2) is 0 Å². The third kappa shape index (κ3) is 5.83. The van der Waals surface area contributed by atoms with Crippen molar-refractivity contribution in [1.82, 2.24) is 9.96 Å². The van der Waals surface area contributed by atoms with Crippen LogP contribution in [0.25, 0.3) is 0 Å². The average Bonchev–Trinajstić information content (AvgIpc) is 1.58. The highest BCUT2D eigenvalue weighted by atomic mass is 28.3. The lowest BCUT2D eigenvalue weighted by molar-refractivity contribution is 0.250. The summed E-state index contributed by atoms with van der Waals surface area (Å²) in [6, 6.07) is 0.0309. The van der Waals surface area contributed by atoms with Crippen LogP contribution in [0.1, 0.15) is 0 Å². The molecule has 0 aliphatic carbocycles. The van der Waals surface area contributed by atoms with E-state index >= 15 is 0 Å². The van der Waals surface area contributed by atoms with Crippen LogP contribution in [0.2, 0.25) is 26.2 Å². The Hall–Kier alpha value is -0.296. The summed E-state index contributed by atoms with van der Waals surface area (Å²) in [6.07, 6.45) is 0. The number of carbonyl (C=O) groups is 1. The molecule has 60 valence electrons. The van der Waals surface area contributed by atoms with Crippen LogP contribution in [0.5, 0.6) is 0 Å². The molecule has 0 aromatic rings. The first-order chi connectivity index (χ1) is 4.52. The van der Waals surface area contributed by atoms with Gasteiger partial charge in [-0.25, -0.2) is 0 Å². The summed E-state index contributed by atoms with van der Waals surface area (Å²) in [5, 5.41) is 0. The van der Waals surface area contributed by atoms with Gasteiger partial charge in [0, 0.05) is 0 Å². The third-order valence-corrected chi connectivity index (χ3v) is 2.52. The van der Waals surface area contributed by atoms with Gasteiger partial charge in [0.2, 0.25) is 0 Å². The van der Waals surface area contributed by atoms with Crippen LogP contribution in [0.3, 0.4) is 0 Å². The smallest absolute Gasteiger partial charge is 0.298 e. The molecule has 0 unspecified atom stereocenters. The van der Waals surface area contributed by atoms with Gasteiger partial charge in [0.05, 0.1) is 0 Å². The van der Waals surface area contributed by atoms with Crippen molar-refractivity contribution in [2.75, 3.05) is 0 Å². The zero-order valence-electron chi connectivity index (χ0n) is 7.06. The molecule has 0 radical (unpaired) electrons. The first-order valence-corrected chi connectivity index (χ1v) is 9.36. The highest BCUT2D eigenvalue weighted by molar-refractivity contribution is 6.59. The van der Waals surface area contributed by atoms with Crippen molar-refractivity contribution < 1.29 is 4.79 Å². The molecule has 0 saturated carbocycles. The molecule has 0 aliphatic rings. The number of rotatable bonds is 2. The van der Waals surface area contributed by atoms with Crippen LogP contribution in [-0.2, 0) is 0 Å². The summed E-state index contributed by atoms with van der Waals surface area (Å²) in [4.78, 5) is 16.7. The standard InChI is InChI=1S/C5H16N2OSi2/c1-9(2)6-5(8)7-10(3)4/h9-10H,1-4H3,(H2,6,7,8). The summed E-state index contributed by atoms with van der Waals surface area (Å²) in [7, 11) is -1.85. The maximum absolute atomic E-state index is 10.9. The van der Waals surface area contributed by atoms with E-state index < -0.39 is 17.9 Å². The lowest BCUT2D eigenvalue weighted by Crippen LogP contribution is -2.46. The summed E-state index contributed by atoms with van der Waals surface area (Å²) >= 11 is 0. The Balaban J connectivity index is 3.44. The minimum absolute atomic E-state index is 0.0309. The molecule has 10 heavy (non-hydrogen) atoms. The van der Waals surface area contributed by atoms with Crippen molar-refractivity contribution in [1.29, 1.82) is 0 Å². The molecule has 0 aromatic heterocycles. The molecule has 0 spiro atoms. The second kappa shape index (κ2) is 4.51. The van der Waals surface area contributed by atoms with Crippen LogP contribution in [0.4, 0.5) is 4.79 Å². The number of hydrogen-bond donors (Lipinski definition) is 2. The molecule has 2 amide bonds. The van der Waals surface area contributed by atoms with Gasteiger partial charge in [-0.2, -0.15) is 0 Å². The molecule has 2 N–H and O–H groups in total. The lowest BCUT2D eigenvalue weighted by atomic mass is 11.2. The Bertz CT molecular complexity index is 104. The largest absolute Gasteiger partial charge is 0.368 e. The predicted molar refractivity (Wildman–Crippen MR) is 49.4 cm³/mol. The minimum atomic E-state index is -0.927. The summed E-state index contributed by atoms with van der Waals surface area (Å²) in [6.45, 7) is 8.34. The van der Waals surface area contributed by atoms with Crippen molar-refractivity contribution in [2.24, 2.45) is 0 Å². The van der Waals surface area contributed by atoms with E-state index in [2.05, 4.69) is 36.2 Å². The molecular formula is C5H16N2OSi2. The zero-order valence-corrected chi connectivity index (χ0v) is 9.37. The molecule has 5 heteroatoms. The second-order valence-electron chi connectivity index (χ2n) is 2.93. The Morgan fingerprint density at radius 3 is 1.50 bits per heavy atom. The normalized spacial score (nSPS) is 10.2. The van der Waals surface area contributed by atoms with Crippen LogP contribution in [0.15, 0.2) is 0 Å². The van der Waals surface area contributed by atoms with Gasteiger partial charge in [0.25, 0.3) is 6.03 Å². The summed E-state index contributed by atoms with van der Waals surface area (Å²) in [5.74, 6) is 0. The minimum Gasteiger partial charge on any atom is -0.368 e. The Kier molecular flexibility index (Phi) is 4.38. The maximum atomic E-state index is 10.9. The van der Waals surface area contributed by atoms with Crippen LogP contribution in [0, 0.1) is 0 Å².